The minimum atomic E-state index is -0.565. The van der Waals surface area contributed by atoms with E-state index in [1.165, 1.54) is 24.5 Å². The van der Waals surface area contributed by atoms with Crippen LogP contribution in [0.4, 0.5) is 19.7 Å². The Labute approximate surface area is 218 Å². The average Bonchev–Trinajstić information content (AvgIpc) is 3.70. The molecule has 3 amide bonds. The molecule has 200 valence electrons. The first-order chi connectivity index (χ1) is 17.7. The predicted molar refractivity (Wildman–Crippen MR) is 142 cm³/mol. The summed E-state index contributed by atoms with van der Waals surface area (Å²) < 4.78 is 26.0. The van der Waals surface area contributed by atoms with Gasteiger partial charge in [0.1, 0.15) is 17.2 Å². The number of carbonyl (C=O) groups is 2. The molecule has 2 aromatic rings. The van der Waals surface area contributed by atoms with Crippen molar-refractivity contribution in [3.8, 4) is 5.75 Å². The number of benzene rings is 2. The molecule has 0 radical (unpaired) electrons. The minimum absolute atomic E-state index is 0.155. The number of amides is 3. The third kappa shape index (κ3) is 8.10. The summed E-state index contributed by atoms with van der Waals surface area (Å²) in [7, 11) is 0. The molecule has 2 fully saturated rings. The van der Waals surface area contributed by atoms with Crippen LogP contribution in [0.25, 0.3) is 0 Å². The maximum atomic E-state index is 14.7. The molecule has 8 heteroatoms. The average molecular weight is 512 g/mol. The van der Waals surface area contributed by atoms with Gasteiger partial charge in [0.15, 0.2) is 0 Å². The fourth-order valence-corrected chi connectivity index (χ4v) is 4.32. The third-order valence-electron chi connectivity index (χ3n) is 6.53. The first-order valence-corrected chi connectivity index (χ1v) is 13.2. The van der Waals surface area contributed by atoms with E-state index in [9.17, 15) is 14.0 Å². The van der Waals surface area contributed by atoms with E-state index >= 15 is 0 Å². The smallest absolute Gasteiger partial charge is 0.410 e. The summed E-state index contributed by atoms with van der Waals surface area (Å²) in [6.45, 7) is 7.55. The maximum Gasteiger partial charge on any atom is 0.410 e. The van der Waals surface area contributed by atoms with E-state index in [1.807, 2.05) is 32.9 Å². The Morgan fingerprint density at radius 3 is 2.41 bits per heavy atom. The number of ether oxygens (including phenoxy) is 2. The maximum absolute atomic E-state index is 14.7. The van der Waals surface area contributed by atoms with Gasteiger partial charge in [-0.2, -0.15) is 0 Å². The summed E-state index contributed by atoms with van der Waals surface area (Å²) in [6.07, 6.45) is 4.66. The molecule has 0 aromatic heterocycles. The molecular weight excluding hydrogens is 473 g/mol. The predicted octanol–water partition coefficient (Wildman–Crippen LogP) is 6.19. The Morgan fingerprint density at radius 1 is 1.00 bits per heavy atom. The molecule has 7 nitrogen and oxygen atoms in total. The molecular formula is C29H38FN3O4. The SMILES string of the molecule is CC(C)(C)OC(=O)N1CCN(C(=O)Nc2ccc(CCCCOc3cccc(C4CC4)c3)cc2F)CC1. The molecule has 37 heavy (non-hydrogen) atoms. The van der Waals surface area contributed by atoms with Crippen LogP contribution in [0.3, 0.4) is 0 Å². The molecule has 0 bridgehead atoms. The lowest BCUT2D eigenvalue weighted by molar-refractivity contribution is 0.0174. The number of hydrogen-bond acceptors (Lipinski definition) is 4. The van der Waals surface area contributed by atoms with Crippen molar-refractivity contribution in [1.29, 1.82) is 0 Å². The number of piperazine rings is 1. The quantitative estimate of drug-likeness (QED) is 0.429. The van der Waals surface area contributed by atoms with Crippen LogP contribution in [0.15, 0.2) is 42.5 Å². The highest BCUT2D eigenvalue weighted by Crippen LogP contribution is 2.40. The van der Waals surface area contributed by atoms with Crippen molar-refractivity contribution in [2.45, 2.75) is 64.4 Å². The van der Waals surface area contributed by atoms with Gasteiger partial charge in [-0.1, -0.05) is 18.2 Å². The Kier molecular flexibility index (Phi) is 8.56. The number of nitrogens with zero attached hydrogens (tertiary/aromatic N) is 2. The second-order valence-corrected chi connectivity index (χ2v) is 10.9. The molecule has 1 N–H and O–H groups in total. The third-order valence-corrected chi connectivity index (χ3v) is 6.53. The van der Waals surface area contributed by atoms with Gasteiger partial charge in [0, 0.05) is 26.2 Å². The van der Waals surface area contributed by atoms with Crippen molar-refractivity contribution >= 4 is 17.8 Å². The zero-order chi connectivity index (χ0) is 26.4. The van der Waals surface area contributed by atoms with Gasteiger partial charge in [-0.05, 0) is 94.2 Å². The van der Waals surface area contributed by atoms with Crippen LogP contribution in [0.1, 0.15) is 63.5 Å². The number of carbonyl (C=O) groups excluding carboxylic acids is 2. The van der Waals surface area contributed by atoms with Crippen molar-refractivity contribution in [2.75, 3.05) is 38.1 Å². The second-order valence-electron chi connectivity index (χ2n) is 10.9. The lowest BCUT2D eigenvalue weighted by Crippen LogP contribution is -2.52. The number of hydrogen-bond donors (Lipinski definition) is 1. The van der Waals surface area contributed by atoms with Gasteiger partial charge in [0.2, 0.25) is 0 Å². The normalized spacial score (nSPS) is 15.9. The number of anilines is 1. The van der Waals surface area contributed by atoms with Gasteiger partial charge in [0.25, 0.3) is 0 Å². The van der Waals surface area contributed by atoms with Crippen LogP contribution in [-0.2, 0) is 11.2 Å². The molecule has 1 saturated heterocycles. The summed E-state index contributed by atoms with van der Waals surface area (Å²) in [4.78, 5) is 28.0. The number of halogens is 1. The van der Waals surface area contributed by atoms with Crippen LogP contribution in [0.2, 0.25) is 0 Å². The van der Waals surface area contributed by atoms with Gasteiger partial charge in [0.05, 0.1) is 12.3 Å². The topological polar surface area (TPSA) is 71.1 Å². The number of rotatable bonds is 8. The zero-order valence-electron chi connectivity index (χ0n) is 22.1. The summed E-state index contributed by atoms with van der Waals surface area (Å²) in [5.74, 6) is 1.17. The van der Waals surface area contributed by atoms with Gasteiger partial charge < -0.3 is 24.6 Å². The highest BCUT2D eigenvalue weighted by atomic mass is 19.1. The Morgan fingerprint density at radius 2 is 1.73 bits per heavy atom. The lowest BCUT2D eigenvalue weighted by Gasteiger charge is -2.35. The molecule has 0 atom stereocenters. The van der Waals surface area contributed by atoms with Crippen LogP contribution in [0.5, 0.6) is 5.75 Å². The molecule has 2 aromatic carbocycles. The van der Waals surface area contributed by atoms with Crippen molar-refractivity contribution in [3.05, 3.63) is 59.4 Å². The van der Waals surface area contributed by atoms with E-state index in [1.54, 1.807) is 15.9 Å². The van der Waals surface area contributed by atoms with E-state index in [2.05, 4.69) is 23.5 Å². The molecule has 0 spiro atoms. The number of aryl methyl sites for hydroxylation is 1. The highest BCUT2D eigenvalue weighted by Gasteiger charge is 2.28. The van der Waals surface area contributed by atoms with Crippen molar-refractivity contribution < 1.29 is 23.5 Å². The summed E-state index contributed by atoms with van der Waals surface area (Å²) >= 11 is 0. The molecule has 1 aliphatic heterocycles. The molecule has 2 aliphatic rings. The number of nitrogens with one attached hydrogen (secondary N) is 1. The molecule has 1 aliphatic carbocycles. The standard InChI is InChI=1S/C29H38FN3O4/c1-29(2,3)37-28(35)33-16-14-32(15-17-33)27(34)31-26-13-10-21(19-25(26)30)7-4-5-18-36-24-9-6-8-23(20-24)22-11-12-22/h6,8-10,13,19-20,22H,4-5,7,11-12,14-18H2,1-3H3,(H,31,34). The van der Waals surface area contributed by atoms with Gasteiger partial charge >= 0.3 is 12.1 Å². The molecule has 0 unspecified atom stereocenters. The van der Waals surface area contributed by atoms with E-state index in [4.69, 9.17) is 9.47 Å². The Balaban J connectivity index is 1.17. The molecule has 1 saturated carbocycles. The van der Waals surface area contributed by atoms with Crippen LogP contribution >= 0.6 is 0 Å². The summed E-state index contributed by atoms with van der Waals surface area (Å²) in [5.41, 5.74) is 1.84. The summed E-state index contributed by atoms with van der Waals surface area (Å²) in [5, 5.41) is 2.66. The largest absolute Gasteiger partial charge is 0.494 e. The van der Waals surface area contributed by atoms with E-state index in [-0.39, 0.29) is 17.8 Å². The van der Waals surface area contributed by atoms with E-state index in [0.29, 0.717) is 38.7 Å². The van der Waals surface area contributed by atoms with Crippen LogP contribution in [0, 0.1) is 5.82 Å². The lowest BCUT2D eigenvalue weighted by atomic mass is 10.1. The van der Waals surface area contributed by atoms with Crippen molar-refractivity contribution in [2.24, 2.45) is 0 Å². The summed E-state index contributed by atoms with van der Waals surface area (Å²) in [6, 6.07) is 12.9. The fraction of sp³-hybridized carbons (Fsp3) is 0.517. The number of unbranched alkanes of at least 4 members (excludes halogenated alkanes) is 1. The number of urea groups is 1. The first-order valence-electron chi connectivity index (χ1n) is 13.2. The van der Waals surface area contributed by atoms with E-state index in [0.717, 1.165) is 30.6 Å². The zero-order valence-corrected chi connectivity index (χ0v) is 22.1. The second kappa shape index (κ2) is 11.8. The molecule has 4 rings (SSSR count). The van der Waals surface area contributed by atoms with Gasteiger partial charge in [-0.25, -0.2) is 14.0 Å². The van der Waals surface area contributed by atoms with Gasteiger partial charge in [-0.15, -0.1) is 0 Å². The monoisotopic (exact) mass is 511 g/mol. The first kappa shape index (κ1) is 26.8. The van der Waals surface area contributed by atoms with Gasteiger partial charge in [-0.3, -0.25) is 0 Å². The molecule has 1 heterocycles. The Bertz CT molecular complexity index is 1090. The Hall–Kier alpha value is -3.29. The van der Waals surface area contributed by atoms with Crippen LogP contribution in [-0.4, -0.2) is 60.3 Å². The van der Waals surface area contributed by atoms with Crippen molar-refractivity contribution in [1.82, 2.24) is 9.80 Å². The minimum Gasteiger partial charge on any atom is -0.494 e. The highest BCUT2D eigenvalue weighted by molar-refractivity contribution is 5.89. The van der Waals surface area contributed by atoms with E-state index < -0.39 is 11.4 Å². The van der Waals surface area contributed by atoms with Crippen LogP contribution < -0.4 is 10.1 Å². The van der Waals surface area contributed by atoms with Crippen molar-refractivity contribution in [3.63, 3.8) is 0 Å². The fourth-order valence-electron chi connectivity index (χ4n) is 4.32.